The fourth-order valence-electron chi connectivity index (χ4n) is 2.76. The van der Waals surface area contributed by atoms with Crippen LogP contribution in [0.5, 0.6) is 0 Å². The molecule has 0 saturated carbocycles. The van der Waals surface area contributed by atoms with Crippen LogP contribution in [0.15, 0.2) is 12.3 Å². The Morgan fingerprint density at radius 2 is 2.09 bits per heavy atom. The predicted molar refractivity (Wildman–Crippen MR) is 84.6 cm³/mol. The number of rotatable bonds is 0. The number of fused-ring (bicyclic) bond motifs is 3. The van der Waals surface area contributed by atoms with Crippen LogP contribution in [-0.4, -0.2) is 32.8 Å². The SMILES string of the molecule is CC(C)(C)OC(=O)N1CC(C)(C)c2c1cnc1cc(Cl)nn21. The first kappa shape index (κ1) is 15.1. The average Bonchev–Trinajstić information content (AvgIpc) is 2.83. The standard InChI is InChI=1S/C15H19ClN4O2/c1-14(2,3)22-13(21)19-8-15(4,5)12-9(19)7-17-11-6-10(16)18-20(11)12/h6-7H,8H2,1-5H3. The highest BCUT2D eigenvalue weighted by molar-refractivity contribution is 6.29. The molecule has 0 unspecified atom stereocenters. The number of ether oxygens (including phenoxy) is 1. The van der Waals surface area contributed by atoms with Crippen LogP contribution in [0.3, 0.4) is 0 Å². The van der Waals surface area contributed by atoms with Crippen LogP contribution >= 0.6 is 11.6 Å². The third-order valence-corrected chi connectivity index (χ3v) is 3.72. The van der Waals surface area contributed by atoms with Gasteiger partial charge in [-0.25, -0.2) is 14.3 Å². The van der Waals surface area contributed by atoms with Crippen molar-refractivity contribution >= 4 is 29.0 Å². The van der Waals surface area contributed by atoms with Gasteiger partial charge in [0.1, 0.15) is 5.60 Å². The lowest BCUT2D eigenvalue weighted by Gasteiger charge is -2.25. The number of aromatic nitrogens is 3. The van der Waals surface area contributed by atoms with Gasteiger partial charge in [-0.3, -0.25) is 4.90 Å². The molecule has 0 aliphatic carbocycles. The number of carbonyl (C=O) groups excluding carboxylic acids is 1. The topological polar surface area (TPSA) is 59.7 Å². The Hall–Kier alpha value is -1.82. The van der Waals surface area contributed by atoms with Crippen molar-refractivity contribution < 1.29 is 9.53 Å². The monoisotopic (exact) mass is 322 g/mol. The zero-order valence-electron chi connectivity index (χ0n) is 13.3. The molecule has 3 heterocycles. The fourth-order valence-corrected chi connectivity index (χ4v) is 2.94. The van der Waals surface area contributed by atoms with E-state index in [1.807, 2.05) is 20.8 Å². The molecule has 6 nitrogen and oxygen atoms in total. The van der Waals surface area contributed by atoms with Crippen LogP contribution in [0.25, 0.3) is 5.65 Å². The maximum Gasteiger partial charge on any atom is 0.414 e. The van der Waals surface area contributed by atoms with Gasteiger partial charge in [0, 0.05) is 18.0 Å². The normalized spacial score (nSPS) is 16.9. The first-order valence-electron chi connectivity index (χ1n) is 7.14. The number of hydrogen-bond acceptors (Lipinski definition) is 4. The molecule has 118 valence electrons. The van der Waals surface area contributed by atoms with Crippen LogP contribution in [0, 0.1) is 0 Å². The van der Waals surface area contributed by atoms with Gasteiger partial charge in [0.05, 0.1) is 17.6 Å². The molecule has 0 fully saturated rings. The molecule has 0 saturated heterocycles. The van der Waals surface area contributed by atoms with Crippen LogP contribution in [0.2, 0.25) is 5.15 Å². The van der Waals surface area contributed by atoms with E-state index in [0.717, 1.165) is 5.69 Å². The second-order valence-corrected chi connectivity index (χ2v) is 7.57. The van der Waals surface area contributed by atoms with Crippen molar-refractivity contribution in [2.24, 2.45) is 0 Å². The van der Waals surface area contributed by atoms with Crippen LogP contribution in [-0.2, 0) is 10.2 Å². The summed E-state index contributed by atoms with van der Waals surface area (Å²) in [5.41, 5.74) is 1.48. The minimum absolute atomic E-state index is 0.275. The predicted octanol–water partition coefficient (Wildman–Crippen LogP) is 3.42. The summed E-state index contributed by atoms with van der Waals surface area (Å²) in [7, 11) is 0. The molecular weight excluding hydrogens is 304 g/mol. The van der Waals surface area contributed by atoms with Crippen LogP contribution < -0.4 is 4.90 Å². The van der Waals surface area contributed by atoms with Crippen molar-refractivity contribution in [2.45, 2.75) is 45.6 Å². The van der Waals surface area contributed by atoms with Gasteiger partial charge in [-0.15, -0.1) is 0 Å². The summed E-state index contributed by atoms with van der Waals surface area (Å²) in [5.74, 6) is 0. The Balaban J connectivity index is 2.11. The smallest absolute Gasteiger partial charge is 0.414 e. The molecule has 1 aliphatic rings. The van der Waals surface area contributed by atoms with Gasteiger partial charge in [0.25, 0.3) is 0 Å². The first-order valence-corrected chi connectivity index (χ1v) is 7.51. The van der Waals surface area contributed by atoms with Crippen LogP contribution in [0.1, 0.15) is 40.3 Å². The number of anilines is 1. The fraction of sp³-hybridized carbons (Fsp3) is 0.533. The van der Waals surface area contributed by atoms with E-state index in [1.165, 1.54) is 0 Å². The summed E-state index contributed by atoms with van der Waals surface area (Å²) in [5, 5.41) is 4.67. The Bertz CT molecular complexity index is 761. The lowest BCUT2D eigenvalue weighted by molar-refractivity contribution is 0.0579. The molecule has 0 N–H and O–H groups in total. The summed E-state index contributed by atoms with van der Waals surface area (Å²) in [6.45, 7) is 10.2. The van der Waals surface area contributed by atoms with E-state index in [9.17, 15) is 4.79 Å². The van der Waals surface area contributed by atoms with E-state index < -0.39 is 5.60 Å². The molecule has 0 bridgehead atoms. The Morgan fingerprint density at radius 3 is 2.73 bits per heavy atom. The second-order valence-electron chi connectivity index (χ2n) is 7.18. The van der Waals surface area contributed by atoms with E-state index in [4.69, 9.17) is 16.3 Å². The third-order valence-electron chi connectivity index (χ3n) is 3.53. The van der Waals surface area contributed by atoms with Gasteiger partial charge in [0.15, 0.2) is 10.8 Å². The molecule has 2 aromatic rings. The van der Waals surface area contributed by atoms with Crippen molar-refractivity contribution in [3.63, 3.8) is 0 Å². The number of hydrogen-bond donors (Lipinski definition) is 0. The maximum absolute atomic E-state index is 12.5. The summed E-state index contributed by atoms with van der Waals surface area (Å²) < 4.78 is 7.20. The van der Waals surface area contributed by atoms with E-state index in [0.29, 0.717) is 23.0 Å². The van der Waals surface area contributed by atoms with Gasteiger partial charge < -0.3 is 4.74 Å². The molecule has 3 rings (SSSR count). The van der Waals surface area contributed by atoms with Gasteiger partial charge in [-0.2, -0.15) is 5.10 Å². The highest BCUT2D eigenvalue weighted by atomic mass is 35.5. The van der Waals surface area contributed by atoms with Gasteiger partial charge in [0.2, 0.25) is 0 Å². The van der Waals surface area contributed by atoms with E-state index in [2.05, 4.69) is 23.9 Å². The molecule has 1 amide bonds. The van der Waals surface area contributed by atoms with E-state index in [1.54, 1.807) is 21.7 Å². The molecule has 1 aliphatic heterocycles. The molecule has 2 aromatic heterocycles. The minimum Gasteiger partial charge on any atom is -0.443 e. The maximum atomic E-state index is 12.5. The highest BCUT2D eigenvalue weighted by Crippen LogP contribution is 2.40. The molecular formula is C15H19ClN4O2. The van der Waals surface area contributed by atoms with E-state index >= 15 is 0 Å². The quantitative estimate of drug-likeness (QED) is 0.745. The molecule has 0 radical (unpaired) electrons. The number of halogens is 1. The summed E-state index contributed by atoms with van der Waals surface area (Å²) in [6.07, 6.45) is 1.31. The van der Waals surface area contributed by atoms with Crippen molar-refractivity contribution in [3.05, 3.63) is 23.1 Å². The Kier molecular flexibility index (Phi) is 3.15. The largest absolute Gasteiger partial charge is 0.443 e. The lowest BCUT2D eigenvalue weighted by Crippen LogP contribution is -2.38. The Labute approximate surface area is 134 Å². The zero-order chi connectivity index (χ0) is 16.3. The van der Waals surface area contributed by atoms with Gasteiger partial charge in [-0.05, 0) is 20.8 Å². The number of amides is 1. The lowest BCUT2D eigenvalue weighted by atomic mass is 9.91. The summed E-state index contributed by atoms with van der Waals surface area (Å²) >= 11 is 5.99. The average molecular weight is 323 g/mol. The Morgan fingerprint density at radius 1 is 1.41 bits per heavy atom. The second kappa shape index (κ2) is 4.59. The molecule has 0 aromatic carbocycles. The van der Waals surface area contributed by atoms with Gasteiger partial charge >= 0.3 is 6.09 Å². The number of nitrogens with zero attached hydrogens (tertiary/aromatic N) is 4. The van der Waals surface area contributed by atoms with Crippen LogP contribution in [0.4, 0.5) is 10.5 Å². The van der Waals surface area contributed by atoms with Gasteiger partial charge in [-0.1, -0.05) is 25.4 Å². The number of carbonyl (C=O) groups is 1. The van der Waals surface area contributed by atoms with E-state index in [-0.39, 0.29) is 11.5 Å². The van der Waals surface area contributed by atoms with Crippen molar-refractivity contribution in [2.75, 3.05) is 11.4 Å². The summed E-state index contributed by atoms with van der Waals surface area (Å²) in [6, 6.07) is 1.70. The van der Waals surface area contributed by atoms with Crippen molar-refractivity contribution in [1.29, 1.82) is 0 Å². The summed E-state index contributed by atoms with van der Waals surface area (Å²) in [4.78, 5) is 18.4. The molecule has 0 spiro atoms. The third kappa shape index (κ3) is 2.41. The van der Waals surface area contributed by atoms with Crippen molar-refractivity contribution in [1.82, 2.24) is 14.6 Å². The minimum atomic E-state index is -0.545. The first-order chi connectivity index (χ1) is 10.1. The van der Waals surface area contributed by atoms with Crippen molar-refractivity contribution in [3.8, 4) is 0 Å². The zero-order valence-corrected chi connectivity index (χ0v) is 14.1. The molecule has 22 heavy (non-hydrogen) atoms. The highest BCUT2D eigenvalue weighted by Gasteiger charge is 2.42. The molecule has 7 heteroatoms. The molecule has 0 atom stereocenters.